The Balaban J connectivity index is 2.23. The Kier molecular flexibility index (Phi) is 4.92. The molecule has 0 bridgehead atoms. The topological polar surface area (TPSA) is 72.9 Å². The average molecular weight is 317 g/mol. The molecule has 1 fully saturated rings. The zero-order chi connectivity index (χ0) is 15.5. The second-order valence-electron chi connectivity index (χ2n) is 4.73. The summed E-state index contributed by atoms with van der Waals surface area (Å²) in [5.41, 5.74) is 0. The molecule has 0 atom stereocenters. The molecule has 0 N–H and O–H groups in total. The van der Waals surface area contributed by atoms with Gasteiger partial charge in [-0.15, -0.1) is 0 Å². The van der Waals surface area contributed by atoms with E-state index in [0.717, 1.165) is 16.4 Å². The molecule has 8 heteroatoms. The van der Waals surface area contributed by atoms with Gasteiger partial charge in [-0.2, -0.15) is 4.31 Å². The molecule has 0 aliphatic carbocycles. The zero-order valence-electron chi connectivity index (χ0n) is 11.5. The second kappa shape index (κ2) is 6.50. The predicted molar refractivity (Wildman–Crippen MR) is 71.5 cm³/mol. The maximum absolute atomic E-state index is 12.9. The van der Waals surface area contributed by atoms with Gasteiger partial charge in [0.05, 0.1) is 25.2 Å². The summed E-state index contributed by atoms with van der Waals surface area (Å²) in [5.74, 6) is -1.13. The van der Waals surface area contributed by atoms with Gasteiger partial charge in [0.1, 0.15) is 12.4 Å². The van der Waals surface area contributed by atoms with Crippen molar-refractivity contribution in [1.82, 2.24) is 4.31 Å². The number of carbonyl (C=O) groups is 1. The first-order valence-electron chi connectivity index (χ1n) is 6.33. The van der Waals surface area contributed by atoms with Gasteiger partial charge in [-0.05, 0) is 24.3 Å². The van der Waals surface area contributed by atoms with E-state index < -0.39 is 21.8 Å². The van der Waals surface area contributed by atoms with Crippen molar-refractivity contribution in [2.75, 3.05) is 33.4 Å². The van der Waals surface area contributed by atoms with Crippen molar-refractivity contribution in [2.24, 2.45) is 5.92 Å². The van der Waals surface area contributed by atoms with Crippen LogP contribution in [0, 0.1) is 11.7 Å². The first kappa shape index (κ1) is 15.9. The van der Waals surface area contributed by atoms with Crippen LogP contribution in [0.1, 0.15) is 0 Å². The summed E-state index contributed by atoms with van der Waals surface area (Å²) in [6.45, 7) is 0.689. The molecule has 1 aliphatic rings. The van der Waals surface area contributed by atoms with E-state index in [1.165, 1.54) is 19.2 Å². The maximum atomic E-state index is 12.9. The minimum Gasteiger partial charge on any atom is -0.468 e. The first-order chi connectivity index (χ1) is 9.93. The van der Waals surface area contributed by atoms with Gasteiger partial charge in [-0.1, -0.05) is 0 Å². The highest BCUT2D eigenvalue weighted by atomic mass is 32.2. The van der Waals surface area contributed by atoms with E-state index in [0.29, 0.717) is 13.2 Å². The molecule has 1 heterocycles. The smallest absolute Gasteiger partial charge is 0.321 e. The Labute approximate surface area is 122 Å². The van der Waals surface area contributed by atoms with Crippen LogP contribution in [0.5, 0.6) is 0 Å². The van der Waals surface area contributed by atoms with Gasteiger partial charge >= 0.3 is 5.97 Å². The van der Waals surface area contributed by atoms with Crippen molar-refractivity contribution >= 4 is 16.0 Å². The first-order valence-corrected chi connectivity index (χ1v) is 7.78. The number of methoxy groups -OCH3 is 1. The van der Waals surface area contributed by atoms with Crippen LogP contribution >= 0.6 is 0 Å². The molecule has 1 aromatic rings. The molecular weight excluding hydrogens is 301 g/mol. The monoisotopic (exact) mass is 317 g/mol. The van der Waals surface area contributed by atoms with Crippen LogP contribution in [0.15, 0.2) is 29.2 Å². The summed E-state index contributed by atoms with van der Waals surface area (Å²) in [4.78, 5) is 11.4. The summed E-state index contributed by atoms with van der Waals surface area (Å²) in [6, 6.07) is 4.48. The van der Waals surface area contributed by atoms with Gasteiger partial charge in [0.25, 0.3) is 0 Å². The fourth-order valence-corrected chi connectivity index (χ4v) is 3.35. The molecular formula is C13H16FNO5S. The molecule has 0 saturated carbocycles. The fourth-order valence-electron chi connectivity index (χ4n) is 1.89. The molecule has 0 unspecified atom stereocenters. The normalized spacial score (nSPS) is 15.8. The highest BCUT2D eigenvalue weighted by Gasteiger charge is 2.31. The molecule has 0 spiro atoms. The van der Waals surface area contributed by atoms with Crippen LogP contribution in [0.2, 0.25) is 0 Å². The lowest BCUT2D eigenvalue weighted by atomic mass is 10.1. The van der Waals surface area contributed by atoms with Gasteiger partial charge in [0.2, 0.25) is 10.0 Å². The SMILES string of the molecule is COC(=O)CN(CC1COC1)S(=O)(=O)c1ccc(F)cc1. The lowest BCUT2D eigenvalue weighted by molar-refractivity contribution is -0.141. The van der Waals surface area contributed by atoms with Crippen LogP contribution in [0.4, 0.5) is 4.39 Å². The third kappa shape index (κ3) is 3.78. The lowest BCUT2D eigenvalue weighted by Crippen LogP contribution is -2.44. The third-order valence-corrected chi connectivity index (χ3v) is 4.98. The van der Waals surface area contributed by atoms with Gasteiger partial charge in [0, 0.05) is 12.5 Å². The molecule has 21 heavy (non-hydrogen) atoms. The number of esters is 1. The summed E-state index contributed by atoms with van der Waals surface area (Å²) in [7, 11) is -2.69. The Morgan fingerprint density at radius 2 is 2.00 bits per heavy atom. The summed E-state index contributed by atoms with van der Waals surface area (Å²) >= 11 is 0. The maximum Gasteiger partial charge on any atom is 0.321 e. The molecule has 0 radical (unpaired) electrons. The minimum atomic E-state index is -3.88. The van der Waals surface area contributed by atoms with Gasteiger partial charge in [0.15, 0.2) is 0 Å². The Hall–Kier alpha value is -1.51. The standard InChI is InChI=1S/C13H16FNO5S/c1-19-13(16)7-15(6-10-8-20-9-10)21(17,18)12-4-2-11(14)3-5-12/h2-5,10H,6-9H2,1H3. The number of hydrogen-bond donors (Lipinski definition) is 0. The van der Waals surface area contributed by atoms with Crippen LogP contribution in [0.25, 0.3) is 0 Å². The average Bonchev–Trinajstić information content (AvgIpc) is 2.41. The molecule has 2 rings (SSSR count). The number of benzene rings is 1. The Morgan fingerprint density at radius 1 is 1.38 bits per heavy atom. The van der Waals surface area contributed by atoms with Crippen molar-refractivity contribution in [3.05, 3.63) is 30.1 Å². The summed E-state index contributed by atoms with van der Waals surface area (Å²) in [6.07, 6.45) is 0. The minimum absolute atomic E-state index is 0.0462. The Morgan fingerprint density at radius 3 is 2.48 bits per heavy atom. The van der Waals surface area contributed by atoms with Crippen LogP contribution < -0.4 is 0 Å². The van der Waals surface area contributed by atoms with Crippen LogP contribution in [-0.2, 0) is 24.3 Å². The van der Waals surface area contributed by atoms with Gasteiger partial charge in [-0.3, -0.25) is 4.79 Å². The molecule has 6 nitrogen and oxygen atoms in total. The quantitative estimate of drug-likeness (QED) is 0.720. The van der Waals surface area contributed by atoms with Gasteiger partial charge in [-0.25, -0.2) is 12.8 Å². The number of sulfonamides is 1. The van der Waals surface area contributed by atoms with E-state index >= 15 is 0 Å². The summed E-state index contributed by atoms with van der Waals surface area (Å²) in [5, 5.41) is 0. The van der Waals surface area contributed by atoms with Crippen molar-refractivity contribution < 1.29 is 27.1 Å². The van der Waals surface area contributed by atoms with E-state index in [-0.39, 0.29) is 23.9 Å². The van der Waals surface area contributed by atoms with E-state index in [2.05, 4.69) is 4.74 Å². The lowest BCUT2D eigenvalue weighted by Gasteiger charge is -2.31. The predicted octanol–water partition coefficient (Wildman–Crippen LogP) is 0.636. The van der Waals surface area contributed by atoms with E-state index in [1.807, 2.05) is 0 Å². The molecule has 0 amide bonds. The van der Waals surface area contributed by atoms with Crippen molar-refractivity contribution in [2.45, 2.75) is 4.90 Å². The van der Waals surface area contributed by atoms with E-state index in [9.17, 15) is 17.6 Å². The number of nitrogens with zero attached hydrogens (tertiary/aromatic N) is 1. The van der Waals surface area contributed by atoms with Gasteiger partial charge < -0.3 is 9.47 Å². The summed E-state index contributed by atoms with van der Waals surface area (Å²) < 4.78 is 48.5. The number of carbonyl (C=O) groups excluding carboxylic acids is 1. The largest absolute Gasteiger partial charge is 0.468 e. The molecule has 1 aliphatic heterocycles. The third-order valence-electron chi connectivity index (χ3n) is 3.15. The Bertz CT molecular complexity index is 597. The van der Waals surface area contributed by atoms with Crippen molar-refractivity contribution in [3.63, 3.8) is 0 Å². The second-order valence-corrected chi connectivity index (χ2v) is 6.67. The molecule has 0 aromatic heterocycles. The number of halogens is 1. The highest BCUT2D eigenvalue weighted by molar-refractivity contribution is 7.89. The number of hydrogen-bond acceptors (Lipinski definition) is 5. The van der Waals surface area contributed by atoms with E-state index in [1.54, 1.807) is 0 Å². The van der Waals surface area contributed by atoms with Crippen LogP contribution in [0.3, 0.4) is 0 Å². The fraction of sp³-hybridized carbons (Fsp3) is 0.462. The number of ether oxygens (including phenoxy) is 2. The molecule has 1 aromatic carbocycles. The zero-order valence-corrected chi connectivity index (χ0v) is 12.3. The molecule has 116 valence electrons. The van der Waals surface area contributed by atoms with Crippen molar-refractivity contribution in [3.8, 4) is 0 Å². The van der Waals surface area contributed by atoms with E-state index in [4.69, 9.17) is 4.74 Å². The highest BCUT2D eigenvalue weighted by Crippen LogP contribution is 2.20. The number of rotatable bonds is 6. The van der Waals surface area contributed by atoms with Crippen molar-refractivity contribution in [1.29, 1.82) is 0 Å². The van der Waals surface area contributed by atoms with Crippen LogP contribution in [-0.4, -0.2) is 52.1 Å². The molecule has 1 saturated heterocycles.